The second-order valence-electron chi connectivity index (χ2n) is 6.34. The van der Waals surface area contributed by atoms with Crippen molar-refractivity contribution in [1.29, 1.82) is 0 Å². The molecule has 3 rings (SSSR count). The molecule has 0 aromatic carbocycles. The van der Waals surface area contributed by atoms with Gasteiger partial charge in [-0.3, -0.25) is 4.90 Å². The van der Waals surface area contributed by atoms with Crippen LogP contribution in [0.1, 0.15) is 37.7 Å². The van der Waals surface area contributed by atoms with E-state index in [0.717, 1.165) is 56.8 Å². The molecule has 1 aromatic heterocycles. The first-order valence-corrected chi connectivity index (χ1v) is 7.84. The topological polar surface area (TPSA) is 45.9 Å². The van der Waals surface area contributed by atoms with Crippen LogP contribution in [0, 0.1) is 0 Å². The summed E-state index contributed by atoms with van der Waals surface area (Å²) in [5.41, 5.74) is -0.317. The van der Waals surface area contributed by atoms with Crippen LogP contribution in [0.25, 0.3) is 0 Å². The number of likely N-dealkylation sites (tertiary alicyclic amines) is 1. The molecule has 1 spiro atoms. The third-order valence-electron chi connectivity index (χ3n) is 4.35. The number of aryl methyl sites for hydroxylation is 1. The van der Waals surface area contributed by atoms with Crippen molar-refractivity contribution in [2.45, 2.75) is 44.8 Å². The van der Waals surface area contributed by atoms with E-state index in [1.165, 1.54) is 0 Å². The zero-order valence-electron chi connectivity index (χ0n) is 12.9. The van der Waals surface area contributed by atoms with E-state index in [0.29, 0.717) is 6.54 Å². The van der Waals surface area contributed by atoms with Crippen LogP contribution in [-0.4, -0.2) is 48.2 Å². The van der Waals surface area contributed by atoms with Crippen molar-refractivity contribution >= 4 is 6.09 Å². The third kappa shape index (κ3) is 3.07. The van der Waals surface area contributed by atoms with Gasteiger partial charge in [-0.15, -0.1) is 0 Å². The number of nitrogens with zero attached hydrogens (tertiary/aromatic N) is 2. The highest BCUT2D eigenvalue weighted by molar-refractivity contribution is 5.70. The molecule has 1 atom stereocenters. The standard InChI is InChI=1S/C16H24N2O3/c1-3-5-13-6-7-14(20-13)10-18-9-4-8-16(12-18)11-17(2)15(19)21-16/h6-7H,3-5,8-12H2,1-2H3/t16-/m0/s1. The van der Waals surface area contributed by atoms with Gasteiger partial charge in [0.1, 0.15) is 17.1 Å². The molecule has 0 saturated carbocycles. The van der Waals surface area contributed by atoms with Crippen molar-refractivity contribution in [3.63, 3.8) is 0 Å². The maximum atomic E-state index is 11.7. The number of piperidine rings is 1. The monoisotopic (exact) mass is 292 g/mol. The molecule has 2 saturated heterocycles. The fraction of sp³-hybridized carbons (Fsp3) is 0.688. The van der Waals surface area contributed by atoms with E-state index in [1.807, 2.05) is 0 Å². The molecule has 2 fully saturated rings. The minimum Gasteiger partial charge on any atom is -0.465 e. The lowest BCUT2D eigenvalue weighted by Crippen LogP contribution is -2.50. The van der Waals surface area contributed by atoms with Gasteiger partial charge in [0.2, 0.25) is 0 Å². The first-order chi connectivity index (χ1) is 10.1. The van der Waals surface area contributed by atoms with Gasteiger partial charge in [-0.2, -0.15) is 0 Å². The Hall–Kier alpha value is -1.49. The fourth-order valence-corrected chi connectivity index (χ4v) is 3.44. The molecule has 116 valence electrons. The summed E-state index contributed by atoms with van der Waals surface area (Å²) >= 11 is 0. The van der Waals surface area contributed by atoms with Crippen LogP contribution in [0.15, 0.2) is 16.5 Å². The van der Waals surface area contributed by atoms with Crippen LogP contribution in [0.5, 0.6) is 0 Å². The second kappa shape index (κ2) is 5.72. The highest BCUT2D eigenvalue weighted by Gasteiger charge is 2.46. The number of amides is 1. The lowest BCUT2D eigenvalue weighted by atomic mass is 9.93. The molecule has 5 nitrogen and oxygen atoms in total. The van der Waals surface area contributed by atoms with Gasteiger partial charge < -0.3 is 14.1 Å². The van der Waals surface area contributed by atoms with Gasteiger partial charge in [0.05, 0.1) is 13.1 Å². The van der Waals surface area contributed by atoms with E-state index in [9.17, 15) is 4.79 Å². The summed E-state index contributed by atoms with van der Waals surface area (Å²) < 4.78 is 11.5. The molecule has 3 heterocycles. The van der Waals surface area contributed by atoms with Crippen LogP contribution in [-0.2, 0) is 17.7 Å². The number of hydrogen-bond donors (Lipinski definition) is 0. The average Bonchev–Trinajstić information content (AvgIpc) is 2.96. The van der Waals surface area contributed by atoms with Crippen molar-refractivity contribution in [3.8, 4) is 0 Å². The molecular formula is C16H24N2O3. The predicted molar refractivity (Wildman–Crippen MR) is 79.1 cm³/mol. The van der Waals surface area contributed by atoms with Crippen molar-refractivity contribution in [3.05, 3.63) is 23.7 Å². The predicted octanol–water partition coefficient (Wildman–Crippen LogP) is 2.65. The number of ether oxygens (including phenoxy) is 1. The zero-order chi connectivity index (χ0) is 14.9. The van der Waals surface area contributed by atoms with Crippen LogP contribution >= 0.6 is 0 Å². The zero-order valence-corrected chi connectivity index (χ0v) is 12.9. The molecular weight excluding hydrogens is 268 g/mol. The normalized spacial score (nSPS) is 26.6. The van der Waals surface area contributed by atoms with E-state index < -0.39 is 0 Å². The fourth-order valence-electron chi connectivity index (χ4n) is 3.44. The van der Waals surface area contributed by atoms with Crippen molar-refractivity contribution in [2.24, 2.45) is 0 Å². The van der Waals surface area contributed by atoms with E-state index in [4.69, 9.17) is 9.15 Å². The summed E-state index contributed by atoms with van der Waals surface area (Å²) in [4.78, 5) is 15.7. The number of likely N-dealkylation sites (N-methyl/N-ethyl adjacent to an activating group) is 1. The third-order valence-corrected chi connectivity index (χ3v) is 4.35. The van der Waals surface area contributed by atoms with Gasteiger partial charge in [0.15, 0.2) is 0 Å². The van der Waals surface area contributed by atoms with E-state index in [-0.39, 0.29) is 11.7 Å². The van der Waals surface area contributed by atoms with Gasteiger partial charge in [-0.25, -0.2) is 4.79 Å². The van der Waals surface area contributed by atoms with Crippen LogP contribution < -0.4 is 0 Å². The van der Waals surface area contributed by atoms with Crippen LogP contribution in [0.4, 0.5) is 4.79 Å². The molecule has 2 aliphatic rings. The lowest BCUT2D eigenvalue weighted by Gasteiger charge is -2.37. The second-order valence-corrected chi connectivity index (χ2v) is 6.34. The SMILES string of the molecule is CCCc1ccc(CN2CCC[C@@]3(C2)CN(C)C(=O)O3)o1. The van der Waals surface area contributed by atoms with Gasteiger partial charge in [-0.1, -0.05) is 6.92 Å². The van der Waals surface area contributed by atoms with Crippen molar-refractivity contribution in [1.82, 2.24) is 9.80 Å². The summed E-state index contributed by atoms with van der Waals surface area (Å²) in [6.45, 7) is 5.48. The number of carbonyl (C=O) groups is 1. The Kier molecular flexibility index (Phi) is 3.93. The number of rotatable bonds is 4. The van der Waals surface area contributed by atoms with Crippen molar-refractivity contribution in [2.75, 3.05) is 26.7 Å². The molecule has 0 unspecified atom stereocenters. The molecule has 21 heavy (non-hydrogen) atoms. The molecule has 2 aliphatic heterocycles. The minimum absolute atomic E-state index is 0.194. The summed E-state index contributed by atoms with van der Waals surface area (Å²) in [6.07, 6.45) is 3.91. The van der Waals surface area contributed by atoms with Gasteiger partial charge >= 0.3 is 6.09 Å². The highest BCUT2D eigenvalue weighted by atomic mass is 16.6. The molecule has 0 bridgehead atoms. The Morgan fingerprint density at radius 3 is 2.81 bits per heavy atom. The maximum absolute atomic E-state index is 11.7. The Morgan fingerprint density at radius 1 is 1.29 bits per heavy atom. The van der Waals surface area contributed by atoms with E-state index >= 15 is 0 Å². The number of carbonyl (C=O) groups excluding carboxylic acids is 1. The van der Waals surface area contributed by atoms with Crippen LogP contribution in [0.3, 0.4) is 0 Å². The highest BCUT2D eigenvalue weighted by Crippen LogP contribution is 2.32. The molecule has 1 aromatic rings. The lowest BCUT2D eigenvalue weighted by molar-refractivity contribution is -0.0130. The first-order valence-electron chi connectivity index (χ1n) is 7.84. The van der Waals surface area contributed by atoms with Crippen molar-refractivity contribution < 1.29 is 13.9 Å². The number of hydrogen-bond acceptors (Lipinski definition) is 4. The summed E-state index contributed by atoms with van der Waals surface area (Å²) in [5, 5.41) is 0. The summed E-state index contributed by atoms with van der Waals surface area (Å²) in [6, 6.07) is 4.14. The molecule has 5 heteroatoms. The van der Waals surface area contributed by atoms with Crippen LogP contribution in [0.2, 0.25) is 0 Å². The summed E-state index contributed by atoms with van der Waals surface area (Å²) in [5.74, 6) is 2.07. The Labute approximate surface area is 125 Å². The Balaban J connectivity index is 1.62. The van der Waals surface area contributed by atoms with E-state index in [1.54, 1.807) is 11.9 Å². The minimum atomic E-state index is -0.317. The molecule has 0 aliphatic carbocycles. The Bertz CT molecular complexity index is 513. The largest absolute Gasteiger partial charge is 0.465 e. The Morgan fingerprint density at radius 2 is 2.10 bits per heavy atom. The van der Waals surface area contributed by atoms with Gasteiger partial charge in [0.25, 0.3) is 0 Å². The molecule has 0 radical (unpaired) electrons. The maximum Gasteiger partial charge on any atom is 0.410 e. The average molecular weight is 292 g/mol. The van der Waals surface area contributed by atoms with Gasteiger partial charge in [-0.05, 0) is 37.9 Å². The summed E-state index contributed by atoms with van der Waals surface area (Å²) in [7, 11) is 1.81. The quantitative estimate of drug-likeness (QED) is 0.856. The first kappa shape index (κ1) is 14.4. The molecule has 0 N–H and O–H groups in total. The smallest absolute Gasteiger partial charge is 0.410 e. The van der Waals surface area contributed by atoms with E-state index in [2.05, 4.69) is 24.0 Å². The molecule has 1 amide bonds. The number of furan rings is 1. The van der Waals surface area contributed by atoms with Gasteiger partial charge in [0, 0.05) is 20.0 Å².